The van der Waals surface area contributed by atoms with Gasteiger partial charge in [-0.15, -0.1) is 0 Å². The molecule has 0 fully saturated rings. The highest BCUT2D eigenvalue weighted by atomic mass is 16.5. The van der Waals surface area contributed by atoms with Crippen molar-refractivity contribution >= 4 is 17.8 Å². The fraction of sp³-hybridized carbons (Fsp3) is 0.786. The molecule has 0 spiro atoms. The molecule has 20 heavy (non-hydrogen) atoms. The Morgan fingerprint density at radius 3 is 2.45 bits per heavy atom. The van der Waals surface area contributed by atoms with E-state index in [1.165, 1.54) is 0 Å². The van der Waals surface area contributed by atoms with Crippen LogP contribution in [0.5, 0.6) is 0 Å². The summed E-state index contributed by atoms with van der Waals surface area (Å²) < 4.78 is 9.33. The van der Waals surface area contributed by atoms with Gasteiger partial charge in [0.25, 0.3) is 0 Å². The first-order chi connectivity index (χ1) is 9.51. The number of ether oxygens (including phenoxy) is 2. The van der Waals surface area contributed by atoms with E-state index in [9.17, 15) is 14.4 Å². The van der Waals surface area contributed by atoms with Gasteiger partial charge in [0.15, 0.2) is 0 Å². The zero-order valence-electron chi connectivity index (χ0n) is 12.6. The van der Waals surface area contributed by atoms with Crippen LogP contribution in [0, 0.1) is 0 Å². The number of hydrogen-bond donors (Lipinski definition) is 1. The van der Waals surface area contributed by atoms with Crippen LogP contribution in [0.1, 0.15) is 52.4 Å². The molecule has 6 nitrogen and oxygen atoms in total. The predicted molar refractivity (Wildman–Crippen MR) is 74.0 cm³/mol. The SMILES string of the molecule is CCCCOC(=O)CCCCC(C)NC(=O)C(=O)OC. The Balaban J connectivity index is 3.61. The van der Waals surface area contributed by atoms with Crippen LogP contribution in [0.25, 0.3) is 0 Å². The number of rotatable bonds is 9. The van der Waals surface area contributed by atoms with Crippen LogP contribution in [-0.2, 0) is 23.9 Å². The lowest BCUT2D eigenvalue weighted by molar-refractivity contribution is -0.153. The highest BCUT2D eigenvalue weighted by Crippen LogP contribution is 2.05. The number of amides is 1. The molecular weight excluding hydrogens is 262 g/mol. The summed E-state index contributed by atoms with van der Waals surface area (Å²) in [7, 11) is 1.16. The average molecular weight is 287 g/mol. The van der Waals surface area contributed by atoms with Crippen LogP contribution in [0.3, 0.4) is 0 Å². The Labute approximate surface area is 120 Å². The molecule has 1 amide bonds. The first kappa shape index (κ1) is 18.4. The van der Waals surface area contributed by atoms with Crippen LogP contribution in [0.2, 0.25) is 0 Å². The van der Waals surface area contributed by atoms with Gasteiger partial charge < -0.3 is 14.8 Å². The van der Waals surface area contributed by atoms with E-state index in [0.717, 1.165) is 26.4 Å². The van der Waals surface area contributed by atoms with E-state index in [0.29, 0.717) is 25.9 Å². The van der Waals surface area contributed by atoms with Gasteiger partial charge in [-0.05, 0) is 26.2 Å². The van der Waals surface area contributed by atoms with Gasteiger partial charge in [-0.3, -0.25) is 9.59 Å². The van der Waals surface area contributed by atoms with Gasteiger partial charge in [0.1, 0.15) is 0 Å². The molecule has 0 saturated heterocycles. The van der Waals surface area contributed by atoms with Gasteiger partial charge in [0.2, 0.25) is 0 Å². The number of unbranched alkanes of at least 4 members (excludes halogenated alkanes) is 2. The summed E-state index contributed by atoms with van der Waals surface area (Å²) in [5, 5.41) is 2.53. The minimum absolute atomic E-state index is 0.127. The lowest BCUT2D eigenvalue weighted by atomic mass is 10.1. The molecule has 0 heterocycles. The fourth-order valence-electron chi connectivity index (χ4n) is 1.57. The lowest BCUT2D eigenvalue weighted by Gasteiger charge is -2.12. The quantitative estimate of drug-likeness (QED) is 0.395. The van der Waals surface area contributed by atoms with E-state index in [1.54, 1.807) is 6.92 Å². The smallest absolute Gasteiger partial charge is 0.396 e. The highest BCUT2D eigenvalue weighted by Gasteiger charge is 2.15. The summed E-state index contributed by atoms with van der Waals surface area (Å²) >= 11 is 0. The predicted octanol–water partition coefficient (Wildman–Crippen LogP) is 1.57. The number of nitrogens with one attached hydrogen (secondary N) is 1. The van der Waals surface area contributed by atoms with Crippen molar-refractivity contribution in [3.8, 4) is 0 Å². The van der Waals surface area contributed by atoms with Gasteiger partial charge >= 0.3 is 17.8 Å². The Hall–Kier alpha value is -1.59. The second kappa shape index (κ2) is 11.3. The Morgan fingerprint density at radius 2 is 1.85 bits per heavy atom. The van der Waals surface area contributed by atoms with Crippen molar-refractivity contribution in [1.82, 2.24) is 5.32 Å². The molecule has 1 atom stereocenters. The van der Waals surface area contributed by atoms with E-state index in [-0.39, 0.29) is 12.0 Å². The molecule has 0 bridgehead atoms. The zero-order chi connectivity index (χ0) is 15.4. The first-order valence-corrected chi connectivity index (χ1v) is 7.05. The second-order valence-corrected chi connectivity index (χ2v) is 4.69. The number of hydrogen-bond acceptors (Lipinski definition) is 5. The molecule has 0 aromatic carbocycles. The Kier molecular flexibility index (Phi) is 10.4. The molecule has 0 rings (SSSR count). The standard InChI is InChI=1S/C14H25NO5/c1-4-5-10-20-12(16)9-7-6-8-11(2)15-13(17)14(18)19-3/h11H,4-10H2,1-3H3,(H,15,17). The van der Waals surface area contributed by atoms with Gasteiger partial charge in [-0.25, -0.2) is 4.79 Å². The van der Waals surface area contributed by atoms with Crippen molar-refractivity contribution in [3.63, 3.8) is 0 Å². The summed E-state index contributed by atoms with van der Waals surface area (Å²) in [5.41, 5.74) is 0. The summed E-state index contributed by atoms with van der Waals surface area (Å²) in [5.74, 6) is -1.81. The van der Waals surface area contributed by atoms with Crippen molar-refractivity contribution in [3.05, 3.63) is 0 Å². The molecule has 6 heteroatoms. The van der Waals surface area contributed by atoms with E-state index in [1.807, 2.05) is 6.92 Å². The fourth-order valence-corrected chi connectivity index (χ4v) is 1.57. The van der Waals surface area contributed by atoms with Crippen LogP contribution in [0.15, 0.2) is 0 Å². The average Bonchev–Trinajstić information content (AvgIpc) is 2.42. The van der Waals surface area contributed by atoms with Crippen molar-refractivity contribution < 1.29 is 23.9 Å². The van der Waals surface area contributed by atoms with Crippen molar-refractivity contribution in [2.75, 3.05) is 13.7 Å². The van der Waals surface area contributed by atoms with E-state index in [2.05, 4.69) is 10.1 Å². The zero-order valence-corrected chi connectivity index (χ0v) is 12.6. The van der Waals surface area contributed by atoms with Gasteiger partial charge in [-0.1, -0.05) is 19.8 Å². The third kappa shape index (κ3) is 9.35. The van der Waals surface area contributed by atoms with Crippen LogP contribution >= 0.6 is 0 Å². The molecule has 0 aromatic rings. The van der Waals surface area contributed by atoms with Gasteiger partial charge in [0.05, 0.1) is 13.7 Å². The summed E-state index contributed by atoms with van der Waals surface area (Å²) in [4.78, 5) is 33.4. The van der Waals surface area contributed by atoms with Crippen LogP contribution in [0.4, 0.5) is 0 Å². The second-order valence-electron chi connectivity index (χ2n) is 4.69. The van der Waals surface area contributed by atoms with E-state index >= 15 is 0 Å². The molecule has 1 N–H and O–H groups in total. The third-order valence-corrected chi connectivity index (χ3v) is 2.78. The largest absolute Gasteiger partial charge is 0.466 e. The molecule has 116 valence electrons. The molecule has 0 aromatic heterocycles. The number of carbonyl (C=O) groups is 3. The topological polar surface area (TPSA) is 81.7 Å². The maximum atomic E-state index is 11.3. The molecule has 0 aliphatic carbocycles. The molecular formula is C14H25NO5. The van der Waals surface area contributed by atoms with Crippen molar-refractivity contribution in [1.29, 1.82) is 0 Å². The molecule has 0 aliphatic rings. The summed E-state index contributed by atoms with van der Waals surface area (Å²) in [6.45, 7) is 4.33. The highest BCUT2D eigenvalue weighted by molar-refractivity contribution is 6.32. The van der Waals surface area contributed by atoms with Crippen molar-refractivity contribution in [2.45, 2.75) is 58.4 Å². The maximum Gasteiger partial charge on any atom is 0.396 e. The Bertz CT molecular complexity index is 317. The van der Waals surface area contributed by atoms with Crippen molar-refractivity contribution in [2.24, 2.45) is 0 Å². The van der Waals surface area contributed by atoms with E-state index in [4.69, 9.17) is 4.74 Å². The van der Waals surface area contributed by atoms with Gasteiger partial charge in [-0.2, -0.15) is 0 Å². The maximum absolute atomic E-state index is 11.3. The van der Waals surface area contributed by atoms with Gasteiger partial charge in [0, 0.05) is 12.5 Å². The minimum Gasteiger partial charge on any atom is -0.466 e. The monoisotopic (exact) mass is 287 g/mol. The number of carbonyl (C=O) groups excluding carboxylic acids is 3. The molecule has 0 radical (unpaired) electrons. The normalized spacial score (nSPS) is 11.6. The first-order valence-electron chi connectivity index (χ1n) is 7.05. The third-order valence-electron chi connectivity index (χ3n) is 2.78. The van der Waals surface area contributed by atoms with Crippen LogP contribution in [-0.4, -0.2) is 37.6 Å². The van der Waals surface area contributed by atoms with E-state index < -0.39 is 11.9 Å². The summed E-state index contributed by atoms with van der Waals surface area (Å²) in [6.07, 6.45) is 4.48. The minimum atomic E-state index is -0.892. The molecule has 0 saturated carbocycles. The Morgan fingerprint density at radius 1 is 1.15 bits per heavy atom. The number of methoxy groups -OCH3 is 1. The molecule has 0 aliphatic heterocycles. The summed E-state index contributed by atoms with van der Waals surface area (Å²) in [6, 6.07) is -0.127. The lowest BCUT2D eigenvalue weighted by Crippen LogP contribution is -2.38. The number of esters is 2. The molecule has 1 unspecified atom stereocenters. The van der Waals surface area contributed by atoms with Crippen LogP contribution < -0.4 is 5.32 Å².